The summed E-state index contributed by atoms with van der Waals surface area (Å²) in [6.45, 7) is 2.46. The van der Waals surface area contributed by atoms with Gasteiger partial charge in [-0.25, -0.2) is 19.9 Å². The maximum absolute atomic E-state index is 13.9. The molecule has 4 aromatic heterocycles. The molecule has 5 aliphatic rings. The smallest absolute Gasteiger partial charge is 0.285 e. The van der Waals surface area contributed by atoms with Crippen LogP contribution in [0.25, 0.3) is 22.8 Å². The van der Waals surface area contributed by atoms with E-state index in [1.807, 2.05) is 84.9 Å². The first-order valence-corrected chi connectivity index (χ1v) is 15.3. The van der Waals surface area contributed by atoms with Gasteiger partial charge < -0.3 is 10.3 Å². The summed E-state index contributed by atoms with van der Waals surface area (Å²) in [6, 6.07) is 23.8. The summed E-state index contributed by atoms with van der Waals surface area (Å²) in [5.74, 6) is 0. The van der Waals surface area contributed by atoms with E-state index in [9.17, 15) is 10.1 Å². The van der Waals surface area contributed by atoms with Crippen molar-refractivity contribution in [1.29, 1.82) is 0 Å². The van der Waals surface area contributed by atoms with Crippen LogP contribution in [0.4, 0.5) is 0 Å². The molecule has 4 aromatic rings. The number of aromatic nitrogens is 4. The summed E-state index contributed by atoms with van der Waals surface area (Å²) in [7, 11) is 0. The molecule has 46 heavy (non-hydrogen) atoms. The van der Waals surface area contributed by atoms with Crippen LogP contribution in [0.2, 0.25) is 0 Å². The lowest BCUT2D eigenvalue weighted by Crippen LogP contribution is -2.33. The first kappa shape index (κ1) is 28.1. The monoisotopic (exact) mass is 606 g/mol. The Bertz CT molecular complexity index is 1930. The molecule has 0 fully saturated rings. The van der Waals surface area contributed by atoms with Crippen LogP contribution in [-0.2, 0) is 26.2 Å². The van der Waals surface area contributed by atoms with Gasteiger partial charge in [-0.3, -0.25) is 9.80 Å². The number of nitrogens with zero attached hydrogens (tertiary/aromatic N) is 8. The van der Waals surface area contributed by atoms with Crippen LogP contribution >= 0.6 is 0 Å². The summed E-state index contributed by atoms with van der Waals surface area (Å²) < 4.78 is 0.877. The van der Waals surface area contributed by atoms with Gasteiger partial charge >= 0.3 is 0 Å². The maximum atomic E-state index is 13.9. The van der Waals surface area contributed by atoms with Crippen LogP contribution < -0.4 is 0 Å². The molecule has 0 N–H and O–H groups in total. The molecule has 10 heteroatoms. The summed E-state index contributed by atoms with van der Waals surface area (Å²) in [5, 5.41) is 14.8. The van der Waals surface area contributed by atoms with Gasteiger partial charge in [-0.15, -0.1) is 0 Å². The van der Waals surface area contributed by atoms with Crippen molar-refractivity contribution in [2.45, 2.75) is 26.2 Å². The number of hydroxylamine groups is 2. The van der Waals surface area contributed by atoms with Gasteiger partial charge in [0.05, 0.1) is 56.9 Å². The number of hydrogen-bond donors (Lipinski definition) is 0. The molecule has 0 unspecified atom stereocenters. The van der Waals surface area contributed by atoms with Crippen molar-refractivity contribution < 1.29 is 4.76 Å². The lowest BCUT2D eigenvalue weighted by atomic mass is 10.1. The molecule has 9 heterocycles. The Balaban J connectivity index is 1.34. The second kappa shape index (κ2) is 11.8. The van der Waals surface area contributed by atoms with Crippen molar-refractivity contribution >= 4 is 0 Å². The predicted molar refractivity (Wildman–Crippen MR) is 173 cm³/mol. The molecule has 0 saturated carbocycles. The average molecular weight is 607 g/mol. The number of allylic oxidation sites excluding steroid dienone is 6. The lowest BCUT2D eigenvalue weighted by molar-refractivity contribution is -0.446. The van der Waals surface area contributed by atoms with Crippen LogP contribution in [0.1, 0.15) is 22.8 Å². The zero-order chi connectivity index (χ0) is 31.0. The molecule has 5 aliphatic heterocycles. The number of rotatable bonds is 0. The zero-order valence-electron chi connectivity index (χ0n) is 25.0. The van der Waals surface area contributed by atoms with Crippen molar-refractivity contribution in [3.63, 3.8) is 0 Å². The van der Waals surface area contributed by atoms with Crippen LogP contribution in [-0.4, -0.2) is 52.6 Å². The minimum absolute atomic E-state index is 0.298. The molecule has 226 valence electrons. The largest absolute Gasteiger partial charge is 0.754 e. The van der Waals surface area contributed by atoms with Gasteiger partial charge in [-0.1, -0.05) is 30.3 Å². The Morgan fingerprint density at radius 3 is 1.52 bits per heavy atom. The van der Waals surface area contributed by atoms with Gasteiger partial charge in [0.25, 0.3) is 11.4 Å². The highest BCUT2D eigenvalue weighted by Crippen LogP contribution is 2.29. The third-order valence-corrected chi connectivity index (χ3v) is 8.37. The molecule has 9 rings (SSSR count). The van der Waals surface area contributed by atoms with E-state index in [1.165, 1.54) is 0 Å². The number of nitroso groups, excluding NO2 is 1. The SMILES string of the molecule is O=[N+]1C2=CC=CC1=C1C=CC=C(CN3Cc4cccc(n4)-c4cccc(n4)CN(C2)Cc2cccc(n2)-c2cccc(n2)C3)N1[O-]. The average Bonchev–Trinajstić information content (AvgIpc) is 3.07. The molecule has 0 saturated heterocycles. The van der Waals surface area contributed by atoms with E-state index < -0.39 is 0 Å². The molecule has 10 nitrogen and oxygen atoms in total. The summed E-state index contributed by atoms with van der Waals surface area (Å²) in [5.41, 5.74) is 8.10. The molecule has 0 spiro atoms. The Hall–Kier alpha value is -5.42. The first-order valence-electron chi connectivity index (χ1n) is 15.3. The maximum Gasteiger partial charge on any atom is 0.285 e. The van der Waals surface area contributed by atoms with Crippen LogP contribution in [0, 0.1) is 10.1 Å². The fourth-order valence-electron chi connectivity index (χ4n) is 6.24. The minimum Gasteiger partial charge on any atom is -0.754 e. The highest BCUT2D eigenvalue weighted by molar-refractivity contribution is 5.55. The fraction of sp³-hybridized carbons (Fsp3) is 0.167. The zero-order valence-corrected chi connectivity index (χ0v) is 25.0. The van der Waals surface area contributed by atoms with Gasteiger partial charge in [0.1, 0.15) is 5.70 Å². The van der Waals surface area contributed by atoms with E-state index in [4.69, 9.17) is 19.9 Å². The van der Waals surface area contributed by atoms with Gasteiger partial charge in [0.2, 0.25) is 0 Å². The van der Waals surface area contributed by atoms with Crippen molar-refractivity contribution in [3.05, 3.63) is 165 Å². The predicted octanol–water partition coefficient (Wildman–Crippen LogP) is 5.63. The summed E-state index contributed by atoms with van der Waals surface area (Å²) in [6.07, 6.45) is 10.7. The number of pyridine rings is 4. The number of hydrogen-bond acceptors (Lipinski definition) is 9. The third-order valence-electron chi connectivity index (χ3n) is 8.37. The Kier molecular flexibility index (Phi) is 7.22. The van der Waals surface area contributed by atoms with E-state index in [0.29, 0.717) is 62.1 Å². The van der Waals surface area contributed by atoms with Crippen molar-refractivity contribution in [1.82, 2.24) is 34.8 Å². The van der Waals surface area contributed by atoms with E-state index in [0.717, 1.165) is 55.4 Å². The summed E-state index contributed by atoms with van der Waals surface area (Å²) >= 11 is 0. The van der Waals surface area contributed by atoms with Crippen molar-refractivity contribution in [2.75, 3.05) is 13.1 Å². The second-order valence-electron chi connectivity index (χ2n) is 11.7. The highest BCUT2D eigenvalue weighted by atomic mass is 16.5. The van der Waals surface area contributed by atoms with Gasteiger partial charge in [0.15, 0.2) is 0 Å². The first-order chi connectivity index (χ1) is 22.6. The summed E-state index contributed by atoms with van der Waals surface area (Å²) in [4.78, 5) is 38.3. The Labute approximate surface area is 266 Å². The van der Waals surface area contributed by atoms with Crippen LogP contribution in [0.5, 0.6) is 0 Å². The van der Waals surface area contributed by atoms with Gasteiger partial charge in [-0.05, 0) is 66.8 Å². The second-order valence-corrected chi connectivity index (χ2v) is 11.7. The van der Waals surface area contributed by atoms with E-state index in [1.54, 1.807) is 24.3 Å². The minimum atomic E-state index is 0.298. The van der Waals surface area contributed by atoms with E-state index in [-0.39, 0.29) is 0 Å². The molecule has 0 amide bonds. The molecule has 0 radical (unpaired) electrons. The fourth-order valence-corrected chi connectivity index (χ4v) is 6.24. The van der Waals surface area contributed by atoms with Gasteiger partial charge in [0, 0.05) is 55.5 Å². The molecular formula is C36H30N8O2. The van der Waals surface area contributed by atoms with E-state index >= 15 is 0 Å². The van der Waals surface area contributed by atoms with Crippen LogP contribution in [0.3, 0.4) is 0 Å². The molecular weight excluding hydrogens is 576 g/mol. The van der Waals surface area contributed by atoms with Crippen LogP contribution in [0.15, 0.2) is 132 Å². The van der Waals surface area contributed by atoms with Crippen molar-refractivity contribution in [2.24, 2.45) is 0 Å². The lowest BCUT2D eigenvalue weighted by Gasteiger charge is -2.38. The quantitative estimate of drug-likeness (QED) is 0.236. The molecule has 0 aromatic carbocycles. The molecule has 14 bridgehead atoms. The molecule has 0 aliphatic carbocycles. The Morgan fingerprint density at radius 2 is 1.02 bits per heavy atom. The Morgan fingerprint density at radius 1 is 0.565 bits per heavy atom. The van der Waals surface area contributed by atoms with Gasteiger partial charge in [-0.2, -0.15) is 0 Å². The topological polar surface area (TPSA) is 104 Å². The third kappa shape index (κ3) is 5.61. The van der Waals surface area contributed by atoms with Crippen molar-refractivity contribution in [3.8, 4) is 22.8 Å². The van der Waals surface area contributed by atoms with E-state index in [2.05, 4.69) is 9.80 Å². The normalized spacial score (nSPS) is 20.6. The standard InChI is InChI=1S/C36H30N8O2/c45-43-29-11-5-17-35(43)36-18-6-12-30(44(36)46)24-42-21-26-8-2-14-32(38-26)31-13-1-7-25(37-31)19-41(23-29)20-27-9-3-15-33(39-27)34-16-4-10-28(22-42)40-34/h1-18H,19-24H2. The molecule has 0 atom stereocenters. The highest BCUT2D eigenvalue weighted by Gasteiger charge is 2.32.